The number of carbonyl (C=O) groups excluding carboxylic acids is 2. The molecule has 0 bridgehead atoms. The summed E-state index contributed by atoms with van der Waals surface area (Å²) in [6.45, 7) is 1.32. The quantitative estimate of drug-likeness (QED) is 0.248. The first-order valence-electron chi connectivity index (χ1n) is 10.2. The van der Waals surface area contributed by atoms with Gasteiger partial charge in [-0.05, 0) is 36.8 Å². The van der Waals surface area contributed by atoms with Gasteiger partial charge >= 0.3 is 5.97 Å². The van der Waals surface area contributed by atoms with Gasteiger partial charge in [-0.1, -0.05) is 48.0 Å². The van der Waals surface area contributed by atoms with Gasteiger partial charge in [0, 0.05) is 24.4 Å². The van der Waals surface area contributed by atoms with E-state index in [4.69, 9.17) is 16.3 Å². The Hall–Kier alpha value is -3.80. The fraction of sp³-hybridized carbons (Fsp3) is 0.130. The van der Waals surface area contributed by atoms with Gasteiger partial charge in [-0.15, -0.1) is 0 Å². The monoisotopic (exact) mass is 517 g/mol. The van der Waals surface area contributed by atoms with E-state index in [9.17, 15) is 28.1 Å². The van der Waals surface area contributed by atoms with Crippen molar-refractivity contribution >= 4 is 44.9 Å². The van der Waals surface area contributed by atoms with Gasteiger partial charge < -0.3 is 10.1 Å². The second-order valence-electron chi connectivity index (χ2n) is 7.30. The number of ether oxygens (including phenoxy) is 1. The van der Waals surface area contributed by atoms with Gasteiger partial charge in [0.1, 0.15) is 4.90 Å². The van der Waals surface area contributed by atoms with E-state index in [0.29, 0.717) is 0 Å². The fourth-order valence-electron chi connectivity index (χ4n) is 2.91. The van der Waals surface area contributed by atoms with Crippen LogP contribution in [0.1, 0.15) is 22.8 Å². The van der Waals surface area contributed by atoms with Gasteiger partial charge in [-0.3, -0.25) is 14.9 Å². The SMILES string of the molecule is C[C@@H](OC(=O)c1ccc(Cl)c(S(=O)(=O)NCc2ccccc2)c1)C(=O)Nc1cccc([N+](=O)[O-])c1. The largest absolute Gasteiger partial charge is 0.449 e. The highest BCUT2D eigenvalue weighted by Crippen LogP contribution is 2.24. The van der Waals surface area contributed by atoms with Crippen LogP contribution in [-0.2, 0) is 26.1 Å². The first-order valence-corrected chi connectivity index (χ1v) is 12.0. The standard InChI is InChI=1S/C23H20ClN3O7S/c1-15(22(28)26-18-8-5-9-19(13-18)27(30)31)34-23(29)17-10-11-20(24)21(12-17)35(32,33)25-14-16-6-3-2-4-7-16/h2-13,15,25H,14H2,1H3,(H,26,28)/t15-/m1/s1. The molecule has 2 N–H and O–H groups in total. The Balaban J connectivity index is 1.69. The predicted octanol–water partition coefficient (Wildman–Crippen LogP) is 3.91. The lowest BCUT2D eigenvalue weighted by molar-refractivity contribution is -0.384. The fourth-order valence-corrected chi connectivity index (χ4v) is 4.45. The summed E-state index contributed by atoms with van der Waals surface area (Å²) in [5.41, 5.74) is 0.524. The molecule has 0 saturated heterocycles. The van der Waals surface area contributed by atoms with Crippen LogP contribution < -0.4 is 10.0 Å². The Kier molecular flexibility index (Phi) is 8.18. The van der Waals surface area contributed by atoms with E-state index < -0.39 is 32.9 Å². The van der Waals surface area contributed by atoms with Crippen molar-refractivity contribution in [2.24, 2.45) is 0 Å². The van der Waals surface area contributed by atoms with E-state index in [2.05, 4.69) is 10.0 Å². The van der Waals surface area contributed by atoms with E-state index >= 15 is 0 Å². The minimum absolute atomic E-state index is 0.0169. The number of carbonyl (C=O) groups is 2. The van der Waals surface area contributed by atoms with Gasteiger partial charge in [0.2, 0.25) is 10.0 Å². The van der Waals surface area contributed by atoms with Crippen LogP contribution in [0.3, 0.4) is 0 Å². The minimum atomic E-state index is -4.07. The summed E-state index contributed by atoms with van der Waals surface area (Å²) in [4.78, 5) is 34.9. The predicted molar refractivity (Wildman–Crippen MR) is 129 cm³/mol. The number of anilines is 1. The molecular formula is C23H20ClN3O7S. The van der Waals surface area contributed by atoms with Gasteiger partial charge in [-0.25, -0.2) is 17.9 Å². The van der Waals surface area contributed by atoms with Crippen LogP contribution in [0.4, 0.5) is 11.4 Å². The molecule has 3 aromatic carbocycles. The average molecular weight is 518 g/mol. The maximum Gasteiger partial charge on any atom is 0.338 e. The van der Waals surface area contributed by atoms with Crippen molar-refractivity contribution < 1.29 is 27.7 Å². The van der Waals surface area contributed by atoms with E-state index in [1.165, 1.54) is 37.3 Å². The molecule has 0 aliphatic heterocycles. The van der Waals surface area contributed by atoms with E-state index in [0.717, 1.165) is 17.7 Å². The number of sulfonamides is 1. The van der Waals surface area contributed by atoms with E-state index in [-0.39, 0.29) is 33.4 Å². The number of nitrogens with one attached hydrogen (secondary N) is 2. The molecule has 0 heterocycles. The number of nitrogens with zero attached hydrogens (tertiary/aromatic N) is 1. The number of benzene rings is 3. The highest BCUT2D eigenvalue weighted by Gasteiger charge is 2.23. The second-order valence-corrected chi connectivity index (χ2v) is 9.44. The van der Waals surface area contributed by atoms with Crippen molar-refractivity contribution in [3.05, 3.63) is 99.1 Å². The smallest absolute Gasteiger partial charge is 0.338 e. The molecule has 3 aromatic rings. The number of hydrogen-bond acceptors (Lipinski definition) is 7. The molecule has 1 amide bonds. The number of nitro benzene ring substituents is 1. The molecule has 3 rings (SSSR count). The molecule has 0 aromatic heterocycles. The Morgan fingerprint density at radius 3 is 2.46 bits per heavy atom. The first-order chi connectivity index (χ1) is 16.6. The molecule has 0 saturated carbocycles. The maximum atomic E-state index is 12.8. The van der Waals surface area contributed by atoms with Crippen molar-refractivity contribution in [3.63, 3.8) is 0 Å². The summed E-state index contributed by atoms with van der Waals surface area (Å²) in [7, 11) is -4.07. The topological polar surface area (TPSA) is 145 Å². The number of amides is 1. The highest BCUT2D eigenvalue weighted by molar-refractivity contribution is 7.89. The normalized spacial score (nSPS) is 11.9. The molecule has 35 heavy (non-hydrogen) atoms. The maximum absolute atomic E-state index is 12.8. The molecule has 1 atom stereocenters. The number of non-ortho nitro benzene ring substituents is 1. The summed E-state index contributed by atoms with van der Waals surface area (Å²) in [5, 5.41) is 13.2. The molecule has 0 aliphatic rings. The van der Waals surface area contributed by atoms with Crippen LogP contribution in [0.2, 0.25) is 5.02 Å². The number of halogens is 1. The molecule has 182 valence electrons. The van der Waals surface area contributed by atoms with Crippen LogP contribution in [-0.4, -0.2) is 31.3 Å². The van der Waals surface area contributed by atoms with Crippen molar-refractivity contribution in [3.8, 4) is 0 Å². The first kappa shape index (κ1) is 25.8. The molecule has 0 unspecified atom stereocenters. The molecule has 0 spiro atoms. The van der Waals surface area contributed by atoms with E-state index in [1.54, 1.807) is 30.3 Å². The summed E-state index contributed by atoms with van der Waals surface area (Å²) >= 11 is 6.07. The van der Waals surface area contributed by atoms with Crippen LogP contribution in [0.25, 0.3) is 0 Å². The Morgan fingerprint density at radius 2 is 1.77 bits per heavy atom. The van der Waals surface area contributed by atoms with Crippen molar-refractivity contribution in [1.82, 2.24) is 4.72 Å². The van der Waals surface area contributed by atoms with Gasteiger partial charge in [0.15, 0.2) is 6.10 Å². The van der Waals surface area contributed by atoms with Gasteiger partial charge in [-0.2, -0.15) is 0 Å². The zero-order valence-corrected chi connectivity index (χ0v) is 19.9. The number of hydrogen-bond donors (Lipinski definition) is 2. The molecule has 12 heteroatoms. The molecule has 10 nitrogen and oxygen atoms in total. The van der Waals surface area contributed by atoms with Crippen LogP contribution in [0.15, 0.2) is 77.7 Å². The third-order valence-corrected chi connectivity index (χ3v) is 6.63. The van der Waals surface area contributed by atoms with Crippen LogP contribution in [0.5, 0.6) is 0 Å². The lowest BCUT2D eigenvalue weighted by Gasteiger charge is -2.14. The summed E-state index contributed by atoms with van der Waals surface area (Å²) < 4.78 is 33.1. The van der Waals surface area contributed by atoms with Crippen LogP contribution >= 0.6 is 11.6 Å². The third kappa shape index (κ3) is 6.85. The van der Waals surface area contributed by atoms with Gasteiger partial charge in [0.25, 0.3) is 11.6 Å². The van der Waals surface area contributed by atoms with Crippen LogP contribution in [0, 0.1) is 10.1 Å². The Bertz CT molecular complexity index is 1360. The summed E-state index contributed by atoms with van der Waals surface area (Å²) in [6, 6.07) is 17.7. The third-order valence-electron chi connectivity index (χ3n) is 4.74. The summed E-state index contributed by atoms with van der Waals surface area (Å²) in [6.07, 6.45) is -1.28. The average Bonchev–Trinajstić information content (AvgIpc) is 2.83. The van der Waals surface area contributed by atoms with E-state index in [1.807, 2.05) is 0 Å². The summed E-state index contributed by atoms with van der Waals surface area (Å²) in [5.74, 6) is -1.69. The molecule has 0 aliphatic carbocycles. The number of esters is 1. The molecular weight excluding hydrogens is 498 g/mol. The highest BCUT2D eigenvalue weighted by atomic mass is 35.5. The van der Waals surface area contributed by atoms with Gasteiger partial charge in [0.05, 0.1) is 15.5 Å². The zero-order chi connectivity index (χ0) is 25.6. The molecule has 0 fully saturated rings. The number of rotatable bonds is 9. The zero-order valence-electron chi connectivity index (χ0n) is 18.3. The number of nitro groups is 1. The van der Waals surface area contributed by atoms with Crippen molar-refractivity contribution in [1.29, 1.82) is 0 Å². The Labute approximate surface area is 206 Å². The lowest BCUT2D eigenvalue weighted by atomic mass is 10.2. The second kappa shape index (κ2) is 11.1. The van der Waals surface area contributed by atoms with Crippen molar-refractivity contribution in [2.45, 2.75) is 24.5 Å². The lowest BCUT2D eigenvalue weighted by Crippen LogP contribution is -2.30. The minimum Gasteiger partial charge on any atom is -0.449 e. The van der Waals surface area contributed by atoms with Crippen molar-refractivity contribution in [2.75, 3.05) is 5.32 Å². The Morgan fingerprint density at radius 1 is 1.06 bits per heavy atom. The molecule has 0 radical (unpaired) electrons.